The van der Waals surface area contributed by atoms with E-state index in [2.05, 4.69) is 10.6 Å². The van der Waals surface area contributed by atoms with Crippen molar-refractivity contribution in [3.63, 3.8) is 0 Å². The van der Waals surface area contributed by atoms with Crippen molar-refractivity contribution in [3.8, 4) is 5.75 Å². The monoisotopic (exact) mass is 467 g/mol. The van der Waals surface area contributed by atoms with Crippen LogP contribution in [0.25, 0.3) is 0 Å². The summed E-state index contributed by atoms with van der Waals surface area (Å²) >= 11 is 6.07. The highest BCUT2D eigenvalue weighted by Crippen LogP contribution is 2.38. The molecule has 3 aromatic rings. The van der Waals surface area contributed by atoms with Gasteiger partial charge in [0.1, 0.15) is 22.1 Å². The highest BCUT2D eigenvalue weighted by molar-refractivity contribution is 7.82. The predicted molar refractivity (Wildman–Crippen MR) is 117 cm³/mol. The van der Waals surface area contributed by atoms with E-state index < -0.39 is 39.5 Å². The number of hydroxylamine groups is 1. The van der Waals surface area contributed by atoms with Gasteiger partial charge in [-0.2, -0.15) is 0 Å². The third kappa shape index (κ3) is 4.47. The molecule has 8 nitrogen and oxygen atoms in total. The normalized spacial score (nSPS) is 13.4. The Balaban J connectivity index is 1.90. The number of phenols is 1. The molecule has 0 heterocycles. The Morgan fingerprint density at radius 3 is 2.35 bits per heavy atom. The van der Waals surface area contributed by atoms with Gasteiger partial charge in [0.2, 0.25) is 0 Å². The van der Waals surface area contributed by atoms with Crippen LogP contribution in [0.3, 0.4) is 0 Å². The minimum atomic E-state index is -1.95. The predicted octanol–water partition coefficient (Wildman–Crippen LogP) is 3.21. The van der Waals surface area contributed by atoms with Gasteiger partial charge >= 0.3 is 0 Å². The van der Waals surface area contributed by atoms with Crippen molar-refractivity contribution in [2.75, 3.05) is 24.8 Å². The molecule has 1 unspecified atom stereocenters. The fraction of sp³-hybridized carbons (Fsp3) is 0.200. The first-order chi connectivity index (χ1) is 14.6. The summed E-state index contributed by atoms with van der Waals surface area (Å²) in [5.74, 6) is -0.849. The summed E-state index contributed by atoms with van der Waals surface area (Å²) in [6.07, 6.45) is 0. The number of aromatic hydroxyl groups is 1. The third-order valence-electron chi connectivity index (χ3n) is 4.65. The van der Waals surface area contributed by atoms with E-state index in [1.807, 2.05) is 0 Å². The van der Waals surface area contributed by atoms with E-state index in [4.69, 9.17) is 16.4 Å². The average Bonchev–Trinajstić information content (AvgIpc) is 2.76. The van der Waals surface area contributed by atoms with Crippen molar-refractivity contribution in [1.29, 1.82) is 0 Å². The number of anilines is 3. The SMILES string of the molecule is CON(C)S(=O)c1c(Cl)ccc(Nc2c(N[C@H](C)c3ccc(F)cc3)c(=O)c2=O)c1O. The molecule has 0 aliphatic heterocycles. The maximum absolute atomic E-state index is 13.1. The number of hydrogen-bond donors (Lipinski definition) is 3. The van der Waals surface area contributed by atoms with Crippen molar-refractivity contribution in [3.05, 3.63) is 73.2 Å². The quantitative estimate of drug-likeness (QED) is 0.265. The number of hydrogen-bond acceptors (Lipinski definition) is 7. The van der Waals surface area contributed by atoms with Crippen LogP contribution in [-0.2, 0) is 15.8 Å². The van der Waals surface area contributed by atoms with Crippen LogP contribution in [0.15, 0.2) is 50.9 Å². The first kappa shape index (κ1) is 22.9. The van der Waals surface area contributed by atoms with E-state index >= 15 is 0 Å². The molecule has 0 amide bonds. The molecule has 0 aliphatic carbocycles. The molecule has 3 aromatic carbocycles. The lowest BCUT2D eigenvalue weighted by Gasteiger charge is -2.21. The summed E-state index contributed by atoms with van der Waals surface area (Å²) in [6.45, 7) is 1.75. The molecule has 31 heavy (non-hydrogen) atoms. The zero-order chi connectivity index (χ0) is 22.9. The van der Waals surface area contributed by atoms with Crippen molar-refractivity contribution >= 4 is 39.6 Å². The minimum absolute atomic E-state index is 0.0212. The second-order valence-electron chi connectivity index (χ2n) is 6.59. The maximum Gasteiger partial charge on any atom is 0.253 e. The molecule has 0 saturated heterocycles. The summed E-state index contributed by atoms with van der Waals surface area (Å²) in [7, 11) is 0.745. The molecule has 0 radical (unpaired) electrons. The molecule has 0 spiro atoms. The van der Waals surface area contributed by atoms with Crippen LogP contribution in [0, 0.1) is 5.82 Å². The third-order valence-corrected chi connectivity index (χ3v) is 6.46. The summed E-state index contributed by atoms with van der Waals surface area (Å²) in [5.41, 5.74) is -0.814. The lowest BCUT2D eigenvalue weighted by Crippen LogP contribution is -2.37. The number of benzene rings is 2. The van der Waals surface area contributed by atoms with E-state index in [1.165, 1.54) is 38.4 Å². The van der Waals surface area contributed by atoms with Crippen LogP contribution in [-0.4, -0.2) is 27.9 Å². The number of halogens is 2. The van der Waals surface area contributed by atoms with Gasteiger partial charge < -0.3 is 15.7 Å². The summed E-state index contributed by atoms with van der Waals surface area (Å²) < 4.78 is 26.6. The van der Waals surface area contributed by atoms with Gasteiger partial charge in [0.25, 0.3) is 10.9 Å². The lowest BCUT2D eigenvalue weighted by molar-refractivity contribution is -0.0205. The molecule has 11 heteroatoms. The van der Waals surface area contributed by atoms with Crippen LogP contribution in [0.4, 0.5) is 21.5 Å². The Hall–Kier alpha value is -2.79. The Kier molecular flexibility index (Phi) is 6.75. The van der Waals surface area contributed by atoms with E-state index in [-0.39, 0.29) is 27.0 Å². The van der Waals surface area contributed by atoms with Crippen LogP contribution < -0.4 is 21.5 Å². The van der Waals surface area contributed by atoms with Crippen molar-refractivity contribution < 1.29 is 18.5 Å². The molecule has 0 aliphatic rings. The van der Waals surface area contributed by atoms with Crippen molar-refractivity contribution in [1.82, 2.24) is 4.47 Å². The largest absolute Gasteiger partial charge is 0.504 e. The molecule has 2 atom stereocenters. The maximum atomic E-state index is 13.1. The second kappa shape index (κ2) is 9.15. The Morgan fingerprint density at radius 1 is 1.13 bits per heavy atom. The second-order valence-corrected chi connectivity index (χ2v) is 8.42. The van der Waals surface area contributed by atoms with Gasteiger partial charge in [0.05, 0.1) is 17.8 Å². The number of nitrogens with zero attached hydrogens (tertiary/aromatic N) is 1. The summed E-state index contributed by atoms with van der Waals surface area (Å²) in [4.78, 5) is 29.0. The van der Waals surface area contributed by atoms with E-state index in [9.17, 15) is 23.3 Å². The molecular weight excluding hydrogens is 449 g/mol. The van der Waals surface area contributed by atoms with Gasteiger partial charge in [-0.05, 0) is 36.8 Å². The molecule has 0 fully saturated rings. The van der Waals surface area contributed by atoms with Gasteiger partial charge in [-0.1, -0.05) is 23.7 Å². The minimum Gasteiger partial charge on any atom is -0.504 e. The Labute approximate surface area is 184 Å². The standard InChI is InChI=1S/C20H19ClFN3O5S/c1-10(11-4-6-12(22)7-5-11)23-15-16(19(28)18(15)27)24-14-9-8-13(21)20(17(14)26)31(29)25(2)30-3/h4-10,23-24,26H,1-3H3/t10-,31?/m1/s1. The fourth-order valence-electron chi connectivity index (χ4n) is 2.84. The van der Waals surface area contributed by atoms with Crippen molar-refractivity contribution in [2.24, 2.45) is 0 Å². The van der Waals surface area contributed by atoms with Gasteiger partial charge in [-0.25, -0.2) is 8.60 Å². The highest BCUT2D eigenvalue weighted by Gasteiger charge is 2.26. The average molecular weight is 468 g/mol. The van der Waals surface area contributed by atoms with Gasteiger partial charge in [-0.3, -0.25) is 14.4 Å². The Morgan fingerprint density at radius 2 is 1.74 bits per heavy atom. The lowest BCUT2D eigenvalue weighted by atomic mass is 10.1. The number of rotatable bonds is 8. The fourth-order valence-corrected chi connectivity index (χ4v) is 4.10. The molecule has 3 N–H and O–H groups in total. The molecule has 164 valence electrons. The van der Waals surface area contributed by atoms with Crippen LogP contribution in [0.5, 0.6) is 5.75 Å². The molecular formula is C20H19ClFN3O5S. The highest BCUT2D eigenvalue weighted by atomic mass is 35.5. The molecule has 3 rings (SSSR count). The summed E-state index contributed by atoms with van der Waals surface area (Å²) in [6, 6.07) is 8.07. The smallest absolute Gasteiger partial charge is 0.253 e. The first-order valence-corrected chi connectivity index (χ1v) is 10.5. The van der Waals surface area contributed by atoms with E-state index in [0.717, 1.165) is 4.47 Å². The summed E-state index contributed by atoms with van der Waals surface area (Å²) in [5, 5.41) is 16.2. The van der Waals surface area contributed by atoms with E-state index in [0.29, 0.717) is 5.56 Å². The topological polar surface area (TPSA) is 108 Å². The molecule has 0 bridgehead atoms. The zero-order valence-electron chi connectivity index (χ0n) is 16.7. The van der Waals surface area contributed by atoms with Gasteiger partial charge in [0.15, 0.2) is 16.7 Å². The molecule has 0 aromatic heterocycles. The van der Waals surface area contributed by atoms with Gasteiger partial charge in [-0.15, -0.1) is 4.47 Å². The zero-order valence-corrected chi connectivity index (χ0v) is 18.3. The van der Waals surface area contributed by atoms with Crippen LogP contribution >= 0.6 is 11.6 Å². The van der Waals surface area contributed by atoms with E-state index in [1.54, 1.807) is 19.1 Å². The first-order valence-electron chi connectivity index (χ1n) is 8.99. The number of nitrogens with one attached hydrogen (secondary N) is 2. The number of phenolic OH excluding ortho intramolecular Hbond substituents is 1. The van der Waals surface area contributed by atoms with Crippen LogP contribution in [0.2, 0.25) is 5.02 Å². The van der Waals surface area contributed by atoms with Crippen LogP contribution in [0.1, 0.15) is 18.5 Å². The molecule has 0 saturated carbocycles. The Bertz CT molecular complexity index is 1210. The van der Waals surface area contributed by atoms with Gasteiger partial charge in [0, 0.05) is 13.1 Å². The van der Waals surface area contributed by atoms with Crippen molar-refractivity contribution in [2.45, 2.75) is 17.9 Å².